The van der Waals surface area contributed by atoms with E-state index in [1.165, 1.54) is 12.1 Å². The number of hydrogen-bond acceptors (Lipinski definition) is 5. The molecule has 1 aliphatic heterocycles. The molecular formula is C17H25AlN2O5. The molecule has 3 atom stereocenters. The highest BCUT2D eigenvalue weighted by Gasteiger charge is 2.40. The summed E-state index contributed by atoms with van der Waals surface area (Å²) in [7, 11) is 0. The van der Waals surface area contributed by atoms with Gasteiger partial charge in [0.05, 0.1) is 4.92 Å². The van der Waals surface area contributed by atoms with E-state index in [-0.39, 0.29) is 17.8 Å². The number of carbonyl (C=O) groups is 1. The summed E-state index contributed by atoms with van der Waals surface area (Å²) >= 11 is 0.579. The zero-order chi connectivity index (χ0) is 18.8. The smallest absolute Gasteiger partial charge is 0.410 e. The second kappa shape index (κ2) is 7.73. The summed E-state index contributed by atoms with van der Waals surface area (Å²) in [6.45, 7) is 5.45. The molecule has 136 valence electrons. The van der Waals surface area contributed by atoms with Gasteiger partial charge in [-0.1, -0.05) is 12.1 Å². The van der Waals surface area contributed by atoms with Crippen molar-refractivity contribution in [2.75, 3.05) is 0 Å². The van der Waals surface area contributed by atoms with Crippen molar-refractivity contribution in [2.24, 2.45) is 0 Å². The van der Waals surface area contributed by atoms with Crippen molar-refractivity contribution in [2.45, 2.75) is 62.7 Å². The molecule has 2 unspecified atom stereocenters. The second-order valence-electron chi connectivity index (χ2n) is 7.55. The van der Waals surface area contributed by atoms with Crippen LogP contribution in [0.5, 0.6) is 0 Å². The Morgan fingerprint density at radius 3 is 2.48 bits per heavy atom. The van der Waals surface area contributed by atoms with Crippen molar-refractivity contribution < 1.29 is 19.6 Å². The van der Waals surface area contributed by atoms with Crippen LogP contribution < -0.4 is 0 Å². The predicted molar refractivity (Wildman–Crippen MR) is 96.2 cm³/mol. The fourth-order valence-electron chi connectivity index (χ4n) is 3.21. The molecule has 0 radical (unpaired) electrons. The normalized spacial score (nSPS) is 21.8. The van der Waals surface area contributed by atoms with Gasteiger partial charge in [0.25, 0.3) is 22.0 Å². The topological polar surface area (TPSA) is 92.9 Å². The van der Waals surface area contributed by atoms with E-state index in [0.29, 0.717) is 22.7 Å². The Bertz CT molecular complexity index is 627. The quantitative estimate of drug-likeness (QED) is 0.500. The molecule has 2 rings (SSSR count). The Morgan fingerprint density at radius 1 is 1.40 bits per heavy atom. The van der Waals surface area contributed by atoms with Crippen molar-refractivity contribution in [1.82, 2.24) is 4.90 Å². The zero-order valence-corrected chi connectivity index (χ0v) is 17.1. The lowest BCUT2D eigenvalue weighted by Crippen LogP contribution is -2.49. The minimum Gasteiger partial charge on any atom is -0.444 e. The van der Waals surface area contributed by atoms with Gasteiger partial charge < -0.3 is 14.7 Å². The number of nitro groups is 1. The zero-order valence-electron chi connectivity index (χ0n) is 15.1. The van der Waals surface area contributed by atoms with Crippen LogP contribution in [-0.4, -0.2) is 60.0 Å². The van der Waals surface area contributed by atoms with Crippen molar-refractivity contribution in [3.8, 4) is 0 Å². The lowest BCUT2D eigenvalue weighted by Gasteiger charge is -2.34. The standard InChI is InChI=1S/C17H23N2O5.Al.2H/c1-17(2,3)24-16(21)18-14(8-9-15(18)11-20)10-12-4-6-13(7-5-12)19(22)23;;;/h4-7,11,14-15,20H,8-10H2,1-3H3;;;. The van der Waals surface area contributed by atoms with Gasteiger partial charge in [-0.15, -0.1) is 0 Å². The van der Waals surface area contributed by atoms with Gasteiger partial charge in [-0.05, 0) is 45.6 Å². The minimum atomic E-state index is -0.599. The summed E-state index contributed by atoms with van der Waals surface area (Å²) < 4.78 is 5.52. The number of rotatable bonds is 4. The summed E-state index contributed by atoms with van der Waals surface area (Å²) in [5.41, 5.74) is 0.373. The molecule has 0 bridgehead atoms. The van der Waals surface area contributed by atoms with E-state index in [4.69, 9.17) is 4.74 Å². The Morgan fingerprint density at radius 2 is 2.00 bits per heavy atom. The molecule has 0 aromatic heterocycles. The van der Waals surface area contributed by atoms with Crippen LogP contribution in [0, 0.1) is 10.1 Å². The molecule has 1 fully saturated rings. The van der Waals surface area contributed by atoms with Gasteiger partial charge in [0.15, 0.2) is 0 Å². The monoisotopic (exact) mass is 364 g/mol. The molecule has 0 spiro atoms. The maximum atomic E-state index is 12.6. The largest absolute Gasteiger partial charge is 0.444 e. The SMILES string of the molecule is CC(C)(C)OC(=O)N1C(Cc2ccc([N+](=O)[O-])cc2)CCC1[C@H](O)[AlH2]. The molecule has 8 heteroatoms. The molecule has 0 saturated carbocycles. The van der Waals surface area contributed by atoms with Gasteiger partial charge in [0, 0.05) is 29.2 Å². The number of carbonyl (C=O) groups excluding carboxylic acids is 1. The van der Waals surface area contributed by atoms with Crippen LogP contribution in [0.1, 0.15) is 39.2 Å². The first-order chi connectivity index (χ1) is 11.6. The van der Waals surface area contributed by atoms with Crippen molar-refractivity contribution in [1.29, 1.82) is 0 Å². The molecular weight excluding hydrogens is 339 g/mol. The molecule has 1 heterocycles. The van der Waals surface area contributed by atoms with E-state index in [1.54, 1.807) is 17.0 Å². The molecule has 1 N–H and O–H groups in total. The number of ether oxygens (including phenoxy) is 1. The van der Waals surface area contributed by atoms with Gasteiger partial charge >= 0.3 is 6.09 Å². The number of benzene rings is 1. The first kappa shape index (κ1) is 19.7. The van der Waals surface area contributed by atoms with E-state index in [0.717, 1.165) is 18.4 Å². The molecule has 1 aliphatic rings. The van der Waals surface area contributed by atoms with Gasteiger partial charge in [-0.2, -0.15) is 0 Å². The molecule has 1 amide bonds. The summed E-state index contributed by atoms with van der Waals surface area (Å²) in [5, 5.41) is 20.8. The average molecular weight is 364 g/mol. The molecule has 1 aromatic carbocycles. The van der Waals surface area contributed by atoms with E-state index in [1.807, 2.05) is 20.8 Å². The first-order valence-corrected chi connectivity index (χ1v) is 9.66. The number of likely N-dealkylation sites (tertiary alicyclic amines) is 1. The van der Waals surface area contributed by atoms with Crippen LogP contribution in [0.4, 0.5) is 10.5 Å². The molecule has 1 aromatic rings. The number of nitro benzene ring substituents is 1. The highest BCUT2D eigenvalue weighted by Crippen LogP contribution is 2.30. The summed E-state index contributed by atoms with van der Waals surface area (Å²) in [4.78, 5) is 24.1. The van der Waals surface area contributed by atoms with Crippen molar-refractivity contribution in [3.05, 3.63) is 39.9 Å². The van der Waals surface area contributed by atoms with E-state index < -0.39 is 21.6 Å². The van der Waals surface area contributed by atoms with Gasteiger partial charge in [-0.3, -0.25) is 10.1 Å². The Hall–Kier alpha value is -1.62. The molecule has 0 aliphatic carbocycles. The van der Waals surface area contributed by atoms with Crippen molar-refractivity contribution in [3.63, 3.8) is 0 Å². The van der Waals surface area contributed by atoms with E-state index >= 15 is 0 Å². The van der Waals surface area contributed by atoms with Gasteiger partial charge in [0.2, 0.25) is 0 Å². The number of nitrogens with zero attached hydrogens (tertiary/aromatic N) is 2. The fraction of sp³-hybridized carbons (Fsp3) is 0.588. The Labute approximate surface area is 155 Å². The highest BCUT2D eigenvalue weighted by molar-refractivity contribution is 6.11. The van der Waals surface area contributed by atoms with E-state index in [2.05, 4.69) is 0 Å². The third-order valence-electron chi connectivity index (χ3n) is 4.33. The summed E-state index contributed by atoms with van der Waals surface area (Å²) in [5.74, 6) is 0. The number of amides is 1. The number of aliphatic hydroxyl groups is 1. The molecule has 1 saturated heterocycles. The maximum absolute atomic E-state index is 12.6. The predicted octanol–water partition coefficient (Wildman–Crippen LogP) is 1.86. The van der Waals surface area contributed by atoms with Crippen LogP contribution >= 0.6 is 0 Å². The van der Waals surface area contributed by atoms with Crippen LogP contribution in [0.2, 0.25) is 0 Å². The lowest BCUT2D eigenvalue weighted by molar-refractivity contribution is -0.384. The lowest BCUT2D eigenvalue weighted by atomic mass is 10.0. The van der Waals surface area contributed by atoms with Crippen LogP contribution in [0.3, 0.4) is 0 Å². The molecule has 7 nitrogen and oxygen atoms in total. The molecule has 25 heavy (non-hydrogen) atoms. The van der Waals surface area contributed by atoms with Gasteiger partial charge in [0.1, 0.15) is 5.60 Å². The number of non-ortho nitro benzene ring substituents is 1. The third-order valence-corrected chi connectivity index (χ3v) is 5.10. The maximum Gasteiger partial charge on any atom is 0.410 e. The van der Waals surface area contributed by atoms with Crippen LogP contribution in [-0.2, 0) is 11.2 Å². The number of hydrogen-bond donors (Lipinski definition) is 1. The fourth-order valence-corrected chi connectivity index (χ4v) is 3.87. The summed E-state index contributed by atoms with van der Waals surface area (Å²) in [6.07, 6.45) is 1.70. The Balaban J connectivity index is 2.16. The third kappa shape index (κ3) is 5.18. The minimum absolute atomic E-state index is 0.0482. The highest BCUT2D eigenvalue weighted by atomic mass is 27.0. The van der Waals surface area contributed by atoms with Crippen molar-refractivity contribution >= 4 is 28.1 Å². The second-order valence-corrected chi connectivity index (χ2v) is 8.74. The average Bonchev–Trinajstić information content (AvgIpc) is 2.90. The van der Waals surface area contributed by atoms with Crippen LogP contribution in [0.25, 0.3) is 0 Å². The number of aliphatic hydroxyl groups excluding tert-OH is 1. The van der Waals surface area contributed by atoms with Gasteiger partial charge in [-0.25, -0.2) is 4.79 Å². The van der Waals surface area contributed by atoms with Crippen LogP contribution in [0.15, 0.2) is 24.3 Å². The van der Waals surface area contributed by atoms with E-state index in [9.17, 15) is 20.0 Å². The first-order valence-electron chi connectivity index (χ1n) is 8.51. The summed E-state index contributed by atoms with van der Waals surface area (Å²) in [6, 6.07) is 6.09. The Kier molecular flexibility index (Phi) is 6.09.